The van der Waals surface area contributed by atoms with E-state index in [1.807, 2.05) is 13.8 Å². The van der Waals surface area contributed by atoms with E-state index in [4.69, 9.17) is 22.0 Å². The van der Waals surface area contributed by atoms with Crippen LogP contribution < -0.4 is 16.8 Å². The average Bonchev–Trinajstić information content (AvgIpc) is 2.24. The molecule has 7 N–H and O–H groups in total. The zero-order valence-corrected chi connectivity index (χ0v) is 10.3. The van der Waals surface area contributed by atoms with Crippen LogP contribution in [-0.2, 0) is 0 Å². The summed E-state index contributed by atoms with van der Waals surface area (Å²) in [5.41, 5.74) is 11.9. The molecule has 6 heteroatoms. The lowest BCUT2D eigenvalue weighted by Crippen LogP contribution is -2.16. The maximum absolute atomic E-state index is 8.51. The molecule has 6 nitrogen and oxygen atoms in total. The Morgan fingerprint density at radius 3 is 2.65 bits per heavy atom. The molecule has 0 unspecified atom stereocenters. The molecular formula is C11H21N5O. The first-order valence-corrected chi connectivity index (χ1v) is 5.38. The van der Waals surface area contributed by atoms with Gasteiger partial charge in [-0.25, -0.2) is 4.99 Å². The molecule has 0 bridgehead atoms. The second kappa shape index (κ2) is 8.35. The lowest BCUT2D eigenvalue weighted by atomic mass is 10.1. The van der Waals surface area contributed by atoms with Gasteiger partial charge in [-0.05, 0) is 18.1 Å². The monoisotopic (exact) mass is 239 g/mol. The summed E-state index contributed by atoms with van der Waals surface area (Å²) in [6, 6.07) is 0. The number of aliphatic hydroxyl groups excluding tert-OH is 1. The van der Waals surface area contributed by atoms with Crippen molar-refractivity contribution >= 4 is 11.7 Å². The van der Waals surface area contributed by atoms with Crippen molar-refractivity contribution in [2.45, 2.75) is 13.8 Å². The molecule has 0 radical (unpaired) electrons. The number of allylic oxidation sites excluding steroid dienone is 1. The van der Waals surface area contributed by atoms with E-state index >= 15 is 0 Å². The fourth-order valence-corrected chi connectivity index (χ4v) is 0.832. The maximum Gasteiger partial charge on any atom is 0.148 e. The quantitative estimate of drug-likeness (QED) is 0.253. The zero-order valence-electron chi connectivity index (χ0n) is 10.3. The minimum Gasteiger partial charge on any atom is -0.402 e. The third-order valence-electron chi connectivity index (χ3n) is 1.85. The zero-order chi connectivity index (χ0) is 13.3. The van der Waals surface area contributed by atoms with Gasteiger partial charge in [0.2, 0.25) is 0 Å². The second-order valence-corrected chi connectivity index (χ2v) is 3.73. The fourth-order valence-electron chi connectivity index (χ4n) is 0.832. The Balaban J connectivity index is 4.34. The molecule has 0 aromatic rings. The van der Waals surface area contributed by atoms with E-state index < -0.39 is 0 Å². The van der Waals surface area contributed by atoms with Crippen molar-refractivity contribution in [3.05, 3.63) is 24.0 Å². The molecule has 0 saturated heterocycles. The highest BCUT2D eigenvalue weighted by atomic mass is 16.3. The van der Waals surface area contributed by atoms with Crippen LogP contribution in [0.25, 0.3) is 0 Å². The Kier molecular flexibility index (Phi) is 7.45. The molecule has 96 valence electrons. The van der Waals surface area contributed by atoms with Gasteiger partial charge in [0.15, 0.2) is 0 Å². The Morgan fingerprint density at radius 2 is 2.12 bits per heavy atom. The number of aliphatic imine (C=N–C) groups is 1. The first-order valence-electron chi connectivity index (χ1n) is 5.38. The SMILES string of the molecule is CC(C)C(N)=CC(N)=NC(=N)/C=C\NCCO. The van der Waals surface area contributed by atoms with Gasteiger partial charge in [-0.15, -0.1) is 0 Å². The first kappa shape index (κ1) is 15.2. The normalized spacial score (nSPS) is 13.4. The van der Waals surface area contributed by atoms with Crippen LogP contribution in [0.3, 0.4) is 0 Å². The van der Waals surface area contributed by atoms with Gasteiger partial charge < -0.3 is 21.9 Å². The molecule has 0 spiro atoms. The molecule has 0 atom stereocenters. The number of nitrogens with zero attached hydrogens (tertiary/aromatic N) is 1. The molecule has 0 aliphatic carbocycles. The van der Waals surface area contributed by atoms with Crippen LogP contribution >= 0.6 is 0 Å². The molecular weight excluding hydrogens is 218 g/mol. The average molecular weight is 239 g/mol. The minimum absolute atomic E-state index is 0.0146. The highest BCUT2D eigenvalue weighted by Gasteiger charge is 1.98. The van der Waals surface area contributed by atoms with Crippen LogP contribution in [0.4, 0.5) is 0 Å². The molecule has 0 heterocycles. The predicted molar refractivity (Wildman–Crippen MR) is 70.7 cm³/mol. The van der Waals surface area contributed by atoms with Crippen LogP contribution in [0.15, 0.2) is 29.0 Å². The van der Waals surface area contributed by atoms with Crippen LogP contribution in [0, 0.1) is 11.3 Å². The van der Waals surface area contributed by atoms with Gasteiger partial charge in [-0.1, -0.05) is 13.8 Å². The third kappa shape index (κ3) is 8.04. The Hall–Kier alpha value is -1.82. The Labute approximate surface area is 102 Å². The first-order chi connectivity index (χ1) is 7.97. The minimum atomic E-state index is 0.0146. The van der Waals surface area contributed by atoms with Gasteiger partial charge >= 0.3 is 0 Å². The van der Waals surface area contributed by atoms with Crippen molar-refractivity contribution in [3.63, 3.8) is 0 Å². The van der Waals surface area contributed by atoms with Gasteiger partial charge in [-0.3, -0.25) is 5.41 Å². The molecule has 0 fully saturated rings. The Morgan fingerprint density at radius 1 is 1.47 bits per heavy atom. The summed E-state index contributed by atoms with van der Waals surface area (Å²) < 4.78 is 0. The van der Waals surface area contributed by atoms with Crippen molar-refractivity contribution in [3.8, 4) is 0 Å². The second-order valence-electron chi connectivity index (χ2n) is 3.73. The van der Waals surface area contributed by atoms with E-state index in [1.165, 1.54) is 12.3 Å². The summed E-state index contributed by atoms with van der Waals surface area (Å²) in [7, 11) is 0. The summed E-state index contributed by atoms with van der Waals surface area (Å²) in [6.45, 7) is 4.37. The van der Waals surface area contributed by atoms with E-state index in [0.717, 1.165) is 0 Å². The molecule has 0 aromatic carbocycles. The number of hydrogen-bond donors (Lipinski definition) is 5. The number of aliphatic hydroxyl groups is 1. The van der Waals surface area contributed by atoms with Crippen molar-refractivity contribution in [1.29, 1.82) is 5.41 Å². The lowest BCUT2D eigenvalue weighted by molar-refractivity contribution is 0.298. The third-order valence-corrected chi connectivity index (χ3v) is 1.85. The van der Waals surface area contributed by atoms with Crippen LogP contribution in [0.2, 0.25) is 0 Å². The van der Waals surface area contributed by atoms with Gasteiger partial charge in [0.05, 0.1) is 6.61 Å². The van der Waals surface area contributed by atoms with E-state index in [2.05, 4.69) is 10.3 Å². The largest absolute Gasteiger partial charge is 0.402 e. The highest BCUT2D eigenvalue weighted by Crippen LogP contribution is 2.01. The lowest BCUT2D eigenvalue weighted by Gasteiger charge is -2.03. The fraction of sp³-hybridized carbons (Fsp3) is 0.455. The molecule has 0 saturated carbocycles. The predicted octanol–water partition coefficient (Wildman–Crippen LogP) is -0.0849. The number of hydrogen-bond acceptors (Lipinski definition) is 4. The molecule has 0 amide bonds. The van der Waals surface area contributed by atoms with Crippen molar-refractivity contribution in [1.82, 2.24) is 5.32 Å². The summed E-state index contributed by atoms with van der Waals surface area (Å²) >= 11 is 0. The van der Waals surface area contributed by atoms with Crippen LogP contribution in [0.5, 0.6) is 0 Å². The van der Waals surface area contributed by atoms with E-state index in [0.29, 0.717) is 12.2 Å². The van der Waals surface area contributed by atoms with Crippen molar-refractivity contribution < 1.29 is 5.11 Å². The summed E-state index contributed by atoms with van der Waals surface area (Å²) in [5, 5.41) is 18.8. The summed E-state index contributed by atoms with van der Waals surface area (Å²) in [6.07, 6.45) is 4.53. The van der Waals surface area contributed by atoms with Crippen molar-refractivity contribution in [2.24, 2.45) is 22.4 Å². The van der Waals surface area contributed by atoms with E-state index in [1.54, 1.807) is 6.08 Å². The molecule has 0 rings (SSSR count). The van der Waals surface area contributed by atoms with Gasteiger partial charge in [0.1, 0.15) is 11.7 Å². The van der Waals surface area contributed by atoms with Gasteiger partial charge in [-0.2, -0.15) is 0 Å². The maximum atomic E-state index is 8.51. The topological polar surface area (TPSA) is 121 Å². The number of rotatable bonds is 6. The van der Waals surface area contributed by atoms with Gasteiger partial charge in [0, 0.05) is 18.4 Å². The Bertz CT molecular complexity index is 331. The smallest absolute Gasteiger partial charge is 0.148 e. The number of nitrogens with two attached hydrogens (primary N) is 2. The molecule has 0 aromatic heterocycles. The number of amidine groups is 2. The van der Waals surface area contributed by atoms with E-state index in [9.17, 15) is 0 Å². The molecule has 17 heavy (non-hydrogen) atoms. The van der Waals surface area contributed by atoms with Crippen molar-refractivity contribution in [2.75, 3.05) is 13.2 Å². The van der Waals surface area contributed by atoms with Gasteiger partial charge in [0.25, 0.3) is 0 Å². The molecule has 0 aliphatic heterocycles. The summed E-state index contributed by atoms with van der Waals surface area (Å²) in [5.74, 6) is 0.411. The molecule has 0 aliphatic rings. The van der Waals surface area contributed by atoms with Crippen LogP contribution in [0.1, 0.15) is 13.8 Å². The number of nitrogens with one attached hydrogen (secondary N) is 2. The highest BCUT2D eigenvalue weighted by molar-refractivity contribution is 6.04. The standard InChI is InChI=1S/C11H21N5O/c1-8(2)9(12)7-11(14)16-10(13)3-4-15-5-6-17/h3-4,7-8,15,17H,5-6,12H2,1-2H3,(H3,13,14,16)/b4-3-,9-7?. The van der Waals surface area contributed by atoms with E-state index in [-0.39, 0.29) is 24.2 Å². The summed E-state index contributed by atoms with van der Waals surface area (Å²) in [4.78, 5) is 3.83. The van der Waals surface area contributed by atoms with Crippen LogP contribution in [-0.4, -0.2) is 29.9 Å².